The van der Waals surface area contributed by atoms with Crippen LogP contribution in [0.2, 0.25) is 0 Å². The predicted octanol–water partition coefficient (Wildman–Crippen LogP) is 5.95. The third kappa shape index (κ3) is 3.85. The first-order valence-electron chi connectivity index (χ1n) is 9.56. The van der Waals surface area contributed by atoms with Gasteiger partial charge in [-0.3, -0.25) is 4.99 Å². The van der Waals surface area contributed by atoms with Crippen molar-refractivity contribution < 1.29 is 0 Å². The van der Waals surface area contributed by atoms with Crippen molar-refractivity contribution in [2.75, 3.05) is 11.4 Å². The normalized spacial score (nSPS) is 17.4. The van der Waals surface area contributed by atoms with Crippen LogP contribution in [0.4, 0.5) is 11.4 Å². The van der Waals surface area contributed by atoms with Crippen molar-refractivity contribution in [2.45, 2.75) is 19.8 Å². The maximum atomic E-state index is 4.64. The van der Waals surface area contributed by atoms with Gasteiger partial charge in [0.1, 0.15) is 0 Å². The molecule has 0 aliphatic carbocycles. The topological polar surface area (TPSA) is 15.6 Å². The van der Waals surface area contributed by atoms with E-state index in [2.05, 4.69) is 102 Å². The van der Waals surface area contributed by atoms with E-state index in [1.165, 1.54) is 22.5 Å². The van der Waals surface area contributed by atoms with Crippen molar-refractivity contribution in [1.29, 1.82) is 0 Å². The van der Waals surface area contributed by atoms with Gasteiger partial charge in [-0.2, -0.15) is 0 Å². The minimum atomic E-state index is 0.926. The standard InChI is InChI=1S/C25H24N2/c1-2-27-23(19-21-13-9-11-17-25(21)27)15-7-5-3-4-6-14-22-18-20-12-8-10-16-24(20)26-22/h3-17H,2,18-19H2,1H3/b4-3+,7-5+,14-6+,23-15-. The third-order valence-corrected chi connectivity index (χ3v) is 4.97. The zero-order chi connectivity index (χ0) is 18.5. The van der Waals surface area contributed by atoms with Crippen LogP contribution < -0.4 is 4.90 Å². The van der Waals surface area contributed by atoms with E-state index in [0.29, 0.717) is 0 Å². The highest BCUT2D eigenvalue weighted by Crippen LogP contribution is 2.33. The molecule has 27 heavy (non-hydrogen) atoms. The largest absolute Gasteiger partial charge is 0.345 e. The quantitative estimate of drug-likeness (QED) is 0.607. The molecule has 134 valence electrons. The Morgan fingerprint density at radius 1 is 0.852 bits per heavy atom. The van der Waals surface area contributed by atoms with E-state index < -0.39 is 0 Å². The summed E-state index contributed by atoms with van der Waals surface area (Å²) in [5.74, 6) is 0. The molecule has 0 atom stereocenters. The van der Waals surface area contributed by atoms with Crippen LogP contribution in [0, 0.1) is 0 Å². The van der Waals surface area contributed by atoms with Gasteiger partial charge in [0.05, 0.1) is 5.69 Å². The van der Waals surface area contributed by atoms with Gasteiger partial charge in [-0.25, -0.2) is 0 Å². The molecule has 2 aromatic carbocycles. The van der Waals surface area contributed by atoms with Gasteiger partial charge in [-0.15, -0.1) is 0 Å². The first-order chi connectivity index (χ1) is 13.3. The summed E-state index contributed by atoms with van der Waals surface area (Å²) in [5.41, 5.74) is 7.65. The Morgan fingerprint density at radius 3 is 2.44 bits per heavy atom. The number of anilines is 1. The summed E-state index contributed by atoms with van der Waals surface area (Å²) < 4.78 is 0. The minimum Gasteiger partial charge on any atom is -0.345 e. The number of nitrogens with zero attached hydrogens (tertiary/aromatic N) is 2. The molecule has 0 N–H and O–H groups in total. The summed E-state index contributed by atoms with van der Waals surface area (Å²) in [6, 6.07) is 17.0. The van der Waals surface area contributed by atoms with E-state index in [4.69, 9.17) is 0 Å². The van der Waals surface area contributed by atoms with Gasteiger partial charge >= 0.3 is 0 Å². The monoisotopic (exact) mass is 352 g/mol. The maximum Gasteiger partial charge on any atom is 0.0669 e. The number of para-hydroxylation sites is 2. The first-order valence-corrected chi connectivity index (χ1v) is 9.56. The highest BCUT2D eigenvalue weighted by atomic mass is 15.2. The average molecular weight is 352 g/mol. The fourth-order valence-electron chi connectivity index (χ4n) is 3.67. The molecule has 0 spiro atoms. The fourth-order valence-corrected chi connectivity index (χ4v) is 3.67. The van der Waals surface area contributed by atoms with E-state index >= 15 is 0 Å². The average Bonchev–Trinajstić information content (AvgIpc) is 3.27. The molecule has 0 bridgehead atoms. The van der Waals surface area contributed by atoms with Crippen molar-refractivity contribution in [2.24, 2.45) is 4.99 Å². The van der Waals surface area contributed by atoms with E-state index in [-0.39, 0.29) is 0 Å². The summed E-state index contributed by atoms with van der Waals surface area (Å²) in [6.45, 7) is 3.20. The second-order valence-electron chi connectivity index (χ2n) is 6.75. The molecule has 0 fully saturated rings. The summed E-state index contributed by atoms with van der Waals surface area (Å²) in [5, 5.41) is 0. The third-order valence-electron chi connectivity index (χ3n) is 4.97. The zero-order valence-corrected chi connectivity index (χ0v) is 15.7. The number of aliphatic imine (C=N–C) groups is 1. The van der Waals surface area contributed by atoms with Crippen molar-refractivity contribution >= 4 is 17.1 Å². The Balaban J connectivity index is 1.33. The lowest BCUT2D eigenvalue weighted by Gasteiger charge is -2.18. The van der Waals surface area contributed by atoms with Crippen molar-refractivity contribution in [1.82, 2.24) is 0 Å². The smallest absolute Gasteiger partial charge is 0.0669 e. The van der Waals surface area contributed by atoms with Crippen LogP contribution in [0.1, 0.15) is 18.1 Å². The Hall–Kier alpha value is -3.13. The zero-order valence-electron chi connectivity index (χ0n) is 15.7. The molecule has 4 rings (SSSR count). The molecule has 0 unspecified atom stereocenters. The van der Waals surface area contributed by atoms with Gasteiger partial charge in [-0.1, -0.05) is 66.8 Å². The van der Waals surface area contributed by atoms with Crippen LogP contribution in [0.15, 0.2) is 102 Å². The molecule has 2 nitrogen and oxygen atoms in total. The number of hydrogen-bond donors (Lipinski definition) is 0. The fraction of sp³-hybridized carbons (Fsp3) is 0.160. The molecular formula is C25H24N2. The van der Waals surface area contributed by atoms with Crippen molar-refractivity contribution in [3.63, 3.8) is 0 Å². The second kappa shape index (κ2) is 8.05. The van der Waals surface area contributed by atoms with E-state index in [1.807, 2.05) is 6.07 Å². The lowest BCUT2D eigenvalue weighted by atomic mass is 10.1. The van der Waals surface area contributed by atoms with E-state index in [1.54, 1.807) is 0 Å². The van der Waals surface area contributed by atoms with Gasteiger partial charge in [0.2, 0.25) is 0 Å². The molecule has 0 radical (unpaired) electrons. The van der Waals surface area contributed by atoms with E-state index in [0.717, 1.165) is 30.8 Å². The number of rotatable bonds is 5. The second-order valence-corrected chi connectivity index (χ2v) is 6.75. The lowest BCUT2D eigenvalue weighted by molar-refractivity contribution is 0.967. The summed E-state index contributed by atoms with van der Waals surface area (Å²) >= 11 is 0. The van der Waals surface area contributed by atoms with Crippen LogP contribution in [-0.4, -0.2) is 12.3 Å². The number of fused-ring (bicyclic) bond motifs is 2. The predicted molar refractivity (Wildman–Crippen MR) is 116 cm³/mol. The minimum absolute atomic E-state index is 0.926. The lowest BCUT2D eigenvalue weighted by Crippen LogP contribution is -2.17. The number of likely N-dealkylation sites (N-methyl/N-ethyl adjacent to an activating group) is 1. The maximum absolute atomic E-state index is 4.64. The van der Waals surface area contributed by atoms with Gasteiger partial charge in [0.15, 0.2) is 0 Å². The number of allylic oxidation sites excluding steroid dienone is 8. The summed E-state index contributed by atoms with van der Waals surface area (Å²) in [7, 11) is 0. The van der Waals surface area contributed by atoms with Crippen LogP contribution in [0.25, 0.3) is 0 Å². The Bertz CT molecular complexity index is 973. The van der Waals surface area contributed by atoms with Crippen LogP contribution in [-0.2, 0) is 12.8 Å². The van der Waals surface area contributed by atoms with Gasteiger partial charge < -0.3 is 4.90 Å². The first kappa shape index (κ1) is 17.3. The molecule has 0 aromatic heterocycles. The molecule has 2 aliphatic heterocycles. The van der Waals surface area contributed by atoms with Gasteiger partial charge in [-0.05, 0) is 42.3 Å². The molecule has 2 heteroatoms. The molecule has 2 aromatic rings. The molecule has 0 amide bonds. The van der Waals surface area contributed by atoms with Crippen molar-refractivity contribution in [3.8, 4) is 0 Å². The highest BCUT2D eigenvalue weighted by molar-refractivity contribution is 6.02. The van der Waals surface area contributed by atoms with Crippen LogP contribution >= 0.6 is 0 Å². The molecule has 0 saturated heterocycles. The molecule has 0 saturated carbocycles. The van der Waals surface area contributed by atoms with Crippen LogP contribution in [0.3, 0.4) is 0 Å². The van der Waals surface area contributed by atoms with Crippen LogP contribution in [0.5, 0.6) is 0 Å². The Labute approximate surface area is 161 Å². The highest BCUT2D eigenvalue weighted by Gasteiger charge is 2.21. The Morgan fingerprint density at radius 2 is 1.59 bits per heavy atom. The molecule has 2 aliphatic rings. The number of benzene rings is 2. The Kier molecular flexibility index (Phi) is 5.15. The molecule has 2 heterocycles. The summed E-state index contributed by atoms with van der Waals surface area (Å²) in [4.78, 5) is 7.03. The molecular weight excluding hydrogens is 328 g/mol. The van der Waals surface area contributed by atoms with Gasteiger partial charge in [0, 0.05) is 36.5 Å². The SMILES string of the molecule is CCN1\C(=C/C=C/C=C/C=C/C2=Nc3ccccc3C2)Cc2ccccc21. The van der Waals surface area contributed by atoms with E-state index in [9.17, 15) is 0 Å². The van der Waals surface area contributed by atoms with Gasteiger partial charge in [0.25, 0.3) is 0 Å². The van der Waals surface area contributed by atoms with Crippen molar-refractivity contribution in [3.05, 3.63) is 108 Å². The number of hydrogen-bond acceptors (Lipinski definition) is 2. The summed E-state index contributed by atoms with van der Waals surface area (Å²) in [6.07, 6.45) is 16.6.